The lowest BCUT2D eigenvalue weighted by molar-refractivity contribution is 0.301. The molecule has 19 heavy (non-hydrogen) atoms. The summed E-state index contributed by atoms with van der Waals surface area (Å²) in [5.41, 5.74) is 1.75. The van der Waals surface area contributed by atoms with Crippen molar-refractivity contribution in [2.45, 2.75) is 13.5 Å². The van der Waals surface area contributed by atoms with Crippen molar-refractivity contribution in [2.24, 2.45) is 0 Å². The summed E-state index contributed by atoms with van der Waals surface area (Å²) in [5.74, 6) is 0.945. The molecule has 1 aromatic heterocycles. The van der Waals surface area contributed by atoms with E-state index in [2.05, 4.69) is 11.1 Å². The summed E-state index contributed by atoms with van der Waals surface area (Å²) >= 11 is 1.63. The van der Waals surface area contributed by atoms with Gasteiger partial charge in [-0.15, -0.1) is 11.3 Å². The normalized spacial score (nSPS) is 10.8. The summed E-state index contributed by atoms with van der Waals surface area (Å²) < 4.78 is 6.88. The van der Waals surface area contributed by atoms with E-state index in [-0.39, 0.29) is 5.75 Å². The molecule has 1 N–H and O–H groups in total. The van der Waals surface area contributed by atoms with Gasteiger partial charge in [0.15, 0.2) is 0 Å². The second-order valence-electron chi connectivity index (χ2n) is 4.26. The van der Waals surface area contributed by atoms with Crippen LogP contribution in [0.25, 0.3) is 10.2 Å². The fourth-order valence-electron chi connectivity index (χ4n) is 1.88. The van der Waals surface area contributed by atoms with E-state index < -0.39 is 0 Å². The molecule has 0 atom stereocenters. The lowest BCUT2D eigenvalue weighted by Crippen LogP contribution is -1.96. The maximum Gasteiger partial charge on any atom is 0.140 e. The zero-order valence-electron chi connectivity index (χ0n) is 10.5. The fourth-order valence-corrected chi connectivity index (χ4v) is 2.76. The first-order valence-corrected chi connectivity index (χ1v) is 6.81. The molecule has 0 radical (unpaired) electrons. The predicted octanol–water partition coefficient (Wildman–Crippen LogP) is 3.89. The Morgan fingerprint density at radius 1 is 1.16 bits per heavy atom. The van der Waals surface area contributed by atoms with Crippen LogP contribution in [0.4, 0.5) is 0 Å². The Balaban J connectivity index is 1.80. The Kier molecular flexibility index (Phi) is 3.09. The summed E-state index contributed by atoms with van der Waals surface area (Å²) in [5, 5.41) is 10.6. The Hall–Kier alpha value is -2.07. The van der Waals surface area contributed by atoms with Crippen LogP contribution in [0.5, 0.6) is 11.5 Å². The Labute approximate surface area is 115 Å². The average molecular weight is 271 g/mol. The average Bonchev–Trinajstić information content (AvgIpc) is 2.83. The monoisotopic (exact) mass is 271 g/mol. The Morgan fingerprint density at radius 3 is 2.84 bits per heavy atom. The smallest absolute Gasteiger partial charge is 0.140 e. The molecule has 0 aliphatic heterocycles. The number of aromatic nitrogens is 1. The van der Waals surface area contributed by atoms with Crippen LogP contribution in [0.2, 0.25) is 0 Å². The highest BCUT2D eigenvalue weighted by molar-refractivity contribution is 7.18. The predicted molar refractivity (Wildman–Crippen MR) is 76.8 cm³/mol. The third-order valence-electron chi connectivity index (χ3n) is 2.94. The standard InChI is InChI=1S/C15H13NO2S/c1-10-12(17)6-4-7-13(10)18-9-15-16-11-5-2-3-8-14(11)19-15/h2-8,17H,9H2,1H3. The van der Waals surface area contributed by atoms with Gasteiger partial charge in [0, 0.05) is 5.56 Å². The third-order valence-corrected chi connectivity index (χ3v) is 3.95. The summed E-state index contributed by atoms with van der Waals surface area (Å²) in [4.78, 5) is 4.51. The minimum Gasteiger partial charge on any atom is -0.508 e. The molecular weight excluding hydrogens is 258 g/mol. The van der Waals surface area contributed by atoms with Gasteiger partial charge in [-0.3, -0.25) is 0 Å². The van der Waals surface area contributed by atoms with Crippen LogP contribution >= 0.6 is 11.3 Å². The number of benzene rings is 2. The number of phenols is 1. The van der Waals surface area contributed by atoms with Crippen LogP contribution < -0.4 is 4.74 Å². The molecule has 96 valence electrons. The van der Waals surface area contributed by atoms with Gasteiger partial charge in [-0.1, -0.05) is 18.2 Å². The van der Waals surface area contributed by atoms with Crippen molar-refractivity contribution in [1.82, 2.24) is 4.98 Å². The number of hydrogen-bond donors (Lipinski definition) is 1. The maximum atomic E-state index is 9.62. The van der Waals surface area contributed by atoms with Crippen LogP contribution in [0, 0.1) is 6.92 Å². The van der Waals surface area contributed by atoms with Crippen molar-refractivity contribution in [1.29, 1.82) is 0 Å². The van der Waals surface area contributed by atoms with E-state index in [0.29, 0.717) is 12.4 Å². The fraction of sp³-hybridized carbons (Fsp3) is 0.133. The number of fused-ring (bicyclic) bond motifs is 1. The van der Waals surface area contributed by atoms with E-state index in [1.54, 1.807) is 23.5 Å². The van der Waals surface area contributed by atoms with Crippen molar-refractivity contribution >= 4 is 21.6 Å². The van der Waals surface area contributed by atoms with Gasteiger partial charge in [-0.05, 0) is 31.2 Å². The van der Waals surface area contributed by atoms with E-state index in [1.165, 1.54) is 0 Å². The first-order valence-electron chi connectivity index (χ1n) is 6.00. The van der Waals surface area contributed by atoms with Crippen LogP contribution in [0.15, 0.2) is 42.5 Å². The van der Waals surface area contributed by atoms with E-state index in [1.807, 2.05) is 31.2 Å². The van der Waals surface area contributed by atoms with Gasteiger partial charge >= 0.3 is 0 Å². The third kappa shape index (κ3) is 2.39. The lowest BCUT2D eigenvalue weighted by Gasteiger charge is -2.08. The SMILES string of the molecule is Cc1c(O)cccc1OCc1nc2ccccc2s1. The van der Waals surface area contributed by atoms with E-state index >= 15 is 0 Å². The lowest BCUT2D eigenvalue weighted by atomic mass is 10.2. The van der Waals surface area contributed by atoms with E-state index in [9.17, 15) is 5.11 Å². The second-order valence-corrected chi connectivity index (χ2v) is 5.38. The molecule has 1 heterocycles. The minimum absolute atomic E-state index is 0.252. The van der Waals surface area contributed by atoms with Crippen molar-refractivity contribution in [3.63, 3.8) is 0 Å². The van der Waals surface area contributed by atoms with Crippen molar-refractivity contribution < 1.29 is 9.84 Å². The molecule has 3 aromatic rings. The number of phenolic OH excluding ortho intramolecular Hbond substituents is 1. The summed E-state index contributed by atoms with van der Waals surface area (Å²) in [7, 11) is 0. The molecular formula is C15H13NO2S. The van der Waals surface area contributed by atoms with Crippen molar-refractivity contribution in [2.75, 3.05) is 0 Å². The number of nitrogens with zero attached hydrogens (tertiary/aromatic N) is 1. The molecule has 0 aliphatic carbocycles. The highest BCUT2D eigenvalue weighted by Crippen LogP contribution is 2.28. The van der Waals surface area contributed by atoms with Crippen molar-refractivity contribution in [3.05, 3.63) is 53.0 Å². The Morgan fingerprint density at radius 2 is 2.00 bits per heavy atom. The van der Waals surface area contributed by atoms with Crippen molar-refractivity contribution in [3.8, 4) is 11.5 Å². The molecule has 4 heteroatoms. The van der Waals surface area contributed by atoms with Gasteiger partial charge in [0.1, 0.15) is 23.1 Å². The molecule has 0 saturated carbocycles. The number of aromatic hydroxyl groups is 1. The zero-order chi connectivity index (χ0) is 13.2. The van der Waals surface area contributed by atoms with Gasteiger partial charge in [0.2, 0.25) is 0 Å². The summed E-state index contributed by atoms with van der Waals surface area (Å²) in [6, 6.07) is 13.3. The molecule has 0 bridgehead atoms. The number of rotatable bonds is 3. The molecule has 0 unspecified atom stereocenters. The van der Waals surface area contributed by atoms with Gasteiger partial charge in [0.05, 0.1) is 10.2 Å². The highest BCUT2D eigenvalue weighted by Gasteiger charge is 2.07. The maximum absolute atomic E-state index is 9.62. The number of hydrogen-bond acceptors (Lipinski definition) is 4. The van der Waals surface area contributed by atoms with E-state index in [0.717, 1.165) is 20.8 Å². The summed E-state index contributed by atoms with van der Waals surface area (Å²) in [6.07, 6.45) is 0. The van der Waals surface area contributed by atoms with Gasteiger partial charge in [-0.25, -0.2) is 4.98 Å². The molecule has 0 aliphatic rings. The number of para-hydroxylation sites is 1. The van der Waals surface area contributed by atoms with Crippen LogP contribution in [-0.4, -0.2) is 10.1 Å². The summed E-state index contributed by atoms with van der Waals surface area (Å²) in [6.45, 7) is 2.26. The molecule has 3 nitrogen and oxygen atoms in total. The largest absolute Gasteiger partial charge is 0.508 e. The number of ether oxygens (including phenoxy) is 1. The molecule has 0 saturated heterocycles. The molecule has 0 spiro atoms. The van der Waals surface area contributed by atoms with Crippen LogP contribution in [0.3, 0.4) is 0 Å². The quantitative estimate of drug-likeness (QED) is 0.785. The Bertz CT molecular complexity index is 688. The second kappa shape index (κ2) is 4.90. The molecule has 3 rings (SSSR count). The van der Waals surface area contributed by atoms with Gasteiger partial charge < -0.3 is 9.84 Å². The number of thiazole rings is 1. The minimum atomic E-state index is 0.252. The molecule has 0 fully saturated rings. The topological polar surface area (TPSA) is 42.4 Å². The first kappa shape index (κ1) is 12.0. The van der Waals surface area contributed by atoms with Gasteiger partial charge in [-0.2, -0.15) is 0 Å². The zero-order valence-corrected chi connectivity index (χ0v) is 11.3. The molecule has 0 amide bonds. The molecule has 2 aromatic carbocycles. The van der Waals surface area contributed by atoms with Crippen LogP contribution in [-0.2, 0) is 6.61 Å². The first-order chi connectivity index (χ1) is 9.24. The van der Waals surface area contributed by atoms with Gasteiger partial charge in [0.25, 0.3) is 0 Å². The van der Waals surface area contributed by atoms with Crippen LogP contribution in [0.1, 0.15) is 10.6 Å². The van der Waals surface area contributed by atoms with E-state index in [4.69, 9.17) is 4.74 Å². The highest BCUT2D eigenvalue weighted by atomic mass is 32.1.